The van der Waals surface area contributed by atoms with E-state index in [1.54, 1.807) is 13.8 Å². The number of alkyl halides is 3. The number of carbonyl (C=O) groups is 2. The van der Waals surface area contributed by atoms with E-state index in [4.69, 9.17) is 5.11 Å². The van der Waals surface area contributed by atoms with Crippen LogP contribution < -0.4 is 5.32 Å². The highest BCUT2D eigenvalue weighted by atomic mass is 19.4. The summed E-state index contributed by atoms with van der Waals surface area (Å²) in [5.74, 6) is -2.91. The predicted molar refractivity (Wildman–Crippen MR) is 90.5 cm³/mol. The van der Waals surface area contributed by atoms with E-state index < -0.39 is 23.9 Å². The highest BCUT2D eigenvalue weighted by molar-refractivity contribution is 5.77. The summed E-state index contributed by atoms with van der Waals surface area (Å²) in [5, 5.41) is 15.3. The number of aryl methyl sites for hydroxylation is 2. The fourth-order valence-corrected chi connectivity index (χ4v) is 3.57. The second kappa shape index (κ2) is 7.36. The lowest BCUT2D eigenvalue weighted by atomic mass is 10.1. The first-order chi connectivity index (χ1) is 13.1. The van der Waals surface area contributed by atoms with Crippen LogP contribution in [-0.4, -0.2) is 42.6 Å². The molecule has 1 aliphatic carbocycles. The smallest absolute Gasteiger partial charge is 0.453 e. The van der Waals surface area contributed by atoms with Gasteiger partial charge in [0.1, 0.15) is 0 Å². The zero-order chi connectivity index (χ0) is 20.6. The molecule has 0 spiro atoms. The summed E-state index contributed by atoms with van der Waals surface area (Å²) in [7, 11) is 0. The topological polar surface area (TPSA) is 109 Å². The molecular weight excluding hydrogens is 379 g/mol. The molecule has 2 aromatic rings. The summed E-state index contributed by atoms with van der Waals surface area (Å²) in [6, 6.07) is -0.166. The summed E-state index contributed by atoms with van der Waals surface area (Å²) in [4.78, 5) is 30.7. The normalized spacial score (nSPS) is 19.9. The third-order valence-electron chi connectivity index (χ3n) is 5.05. The summed E-state index contributed by atoms with van der Waals surface area (Å²) in [6.45, 7) is 3.26. The maximum atomic E-state index is 12.8. The van der Waals surface area contributed by atoms with Crippen molar-refractivity contribution in [2.75, 3.05) is 0 Å². The molecule has 1 amide bonds. The van der Waals surface area contributed by atoms with Crippen LogP contribution in [0.2, 0.25) is 0 Å². The Labute approximate surface area is 158 Å². The Morgan fingerprint density at radius 1 is 1.25 bits per heavy atom. The zero-order valence-corrected chi connectivity index (χ0v) is 15.4. The second-order valence-corrected chi connectivity index (χ2v) is 7.02. The molecule has 2 aromatic heterocycles. The van der Waals surface area contributed by atoms with Gasteiger partial charge < -0.3 is 10.4 Å². The number of hydrogen-bond acceptors (Lipinski definition) is 5. The molecule has 28 heavy (non-hydrogen) atoms. The SMILES string of the molecule is Cc1nc2nc(C(F)(F)F)nn2c(C)c1CCC(=O)N[C@@H]1CC[C@H](C(=O)O)C1. The van der Waals surface area contributed by atoms with Gasteiger partial charge in [-0.3, -0.25) is 9.59 Å². The number of carboxylic acids is 1. The first-order valence-corrected chi connectivity index (χ1v) is 8.88. The monoisotopic (exact) mass is 399 g/mol. The minimum Gasteiger partial charge on any atom is -0.481 e. The summed E-state index contributed by atoms with van der Waals surface area (Å²) >= 11 is 0. The van der Waals surface area contributed by atoms with Crippen LogP contribution in [0.15, 0.2) is 0 Å². The molecule has 2 heterocycles. The third-order valence-corrected chi connectivity index (χ3v) is 5.05. The fourth-order valence-electron chi connectivity index (χ4n) is 3.57. The van der Waals surface area contributed by atoms with Crippen molar-refractivity contribution in [3.8, 4) is 0 Å². The lowest BCUT2D eigenvalue weighted by Gasteiger charge is -2.14. The van der Waals surface area contributed by atoms with E-state index in [1.165, 1.54) is 0 Å². The molecule has 1 aliphatic rings. The van der Waals surface area contributed by atoms with Gasteiger partial charge in [-0.1, -0.05) is 0 Å². The lowest BCUT2D eigenvalue weighted by molar-refractivity contribution is -0.145. The number of aromatic nitrogens is 4. The number of nitrogens with zero attached hydrogens (tertiary/aromatic N) is 4. The van der Waals surface area contributed by atoms with Crippen LogP contribution in [0.5, 0.6) is 0 Å². The minimum absolute atomic E-state index is 0.115. The van der Waals surface area contributed by atoms with Crippen LogP contribution in [-0.2, 0) is 22.2 Å². The van der Waals surface area contributed by atoms with Gasteiger partial charge in [-0.15, -0.1) is 5.10 Å². The highest BCUT2D eigenvalue weighted by Crippen LogP contribution is 2.28. The third kappa shape index (κ3) is 4.07. The molecule has 0 unspecified atom stereocenters. The molecule has 2 N–H and O–H groups in total. The Hall–Kier alpha value is -2.72. The van der Waals surface area contributed by atoms with E-state index in [-0.39, 0.29) is 30.6 Å². The molecule has 0 bridgehead atoms. The Morgan fingerprint density at radius 2 is 1.96 bits per heavy atom. The van der Waals surface area contributed by atoms with Crippen molar-refractivity contribution < 1.29 is 27.9 Å². The van der Waals surface area contributed by atoms with E-state index >= 15 is 0 Å². The first-order valence-electron chi connectivity index (χ1n) is 8.88. The van der Waals surface area contributed by atoms with E-state index in [2.05, 4.69) is 20.4 Å². The number of aliphatic carboxylic acids is 1. The molecule has 8 nitrogen and oxygen atoms in total. The largest absolute Gasteiger partial charge is 0.481 e. The fraction of sp³-hybridized carbons (Fsp3) is 0.588. The Balaban J connectivity index is 1.68. The molecule has 1 fully saturated rings. The number of carbonyl (C=O) groups excluding carboxylic acids is 1. The van der Waals surface area contributed by atoms with Crippen LogP contribution >= 0.6 is 0 Å². The molecule has 11 heteroatoms. The molecule has 152 valence electrons. The summed E-state index contributed by atoms with van der Waals surface area (Å²) < 4.78 is 39.5. The number of halogens is 3. The Kier molecular flexibility index (Phi) is 5.26. The van der Waals surface area contributed by atoms with E-state index in [0.717, 1.165) is 4.52 Å². The van der Waals surface area contributed by atoms with Gasteiger partial charge in [-0.05, 0) is 45.1 Å². The molecule has 1 saturated carbocycles. The Morgan fingerprint density at radius 3 is 2.57 bits per heavy atom. The van der Waals surface area contributed by atoms with Crippen LogP contribution in [0.3, 0.4) is 0 Å². The maximum absolute atomic E-state index is 12.8. The quantitative estimate of drug-likeness (QED) is 0.797. The number of rotatable bonds is 5. The van der Waals surface area contributed by atoms with Crippen LogP contribution in [0, 0.1) is 19.8 Å². The molecule has 3 rings (SSSR count). The molecule has 0 radical (unpaired) electrons. The van der Waals surface area contributed by atoms with Crippen LogP contribution in [0.25, 0.3) is 5.78 Å². The highest BCUT2D eigenvalue weighted by Gasteiger charge is 2.37. The molecule has 2 atom stereocenters. The van der Waals surface area contributed by atoms with Gasteiger partial charge in [0.2, 0.25) is 5.91 Å². The van der Waals surface area contributed by atoms with Crippen molar-refractivity contribution in [1.29, 1.82) is 0 Å². The number of nitrogens with one attached hydrogen (secondary N) is 1. The number of fused-ring (bicyclic) bond motifs is 1. The molecular formula is C17H20F3N5O3. The standard InChI is InChI=1S/C17H20F3N5O3/c1-8-12(5-6-13(26)22-11-4-3-10(7-11)14(27)28)9(2)25-16(21-8)23-15(24-25)17(18,19)20/h10-11H,3-7H2,1-2H3,(H,22,26)(H,27,28)/t10-,11+/m0/s1. The lowest BCUT2D eigenvalue weighted by Crippen LogP contribution is -2.33. The number of amides is 1. The van der Waals surface area contributed by atoms with Gasteiger partial charge in [0.05, 0.1) is 5.92 Å². The second-order valence-electron chi connectivity index (χ2n) is 7.02. The molecule has 0 saturated heterocycles. The minimum atomic E-state index is -4.66. The van der Waals surface area contributed by atoms with Gasteiger partial charge in [0, 0.05) is 23.9 Å². The van der Waals surface area contributed by atoms with E-state index in [1.807, 2.05) is 0 Å². The van der Waals surface area contributed by atoms with E-state index in [0.29, 0.717) is 36.2 Å². The van der Waals surface area contributed by atoms with Gasteiger partial charge >= 0.3 is 12.1 Å². The van der Waals surface area contributed by atoms with Crippen molar-refractivity contribution in [3.63, 3.8) is 0 Å². The first kappa shape index (κ1) is 20.0. The van der Waals surface area contributed by atoms with Crippen LogP contribution in [0.4, 0.5) is 13.2 Å². The van der Waals surface area contributed by atoms with Gasteiger partial charge in [0.15, 0.2) is 0 Å². The summed E-state index contributed by atoms with van der Waals surface area (Å²) in [5.41, 5.74) is 1.58. The molecule has 0 aromatic carbocycles. The van der Waals surface area contributed by atoms with Gasteiger partial charge in [-0.25, -0.2) is 9.50 Å². The predicted octanol–water partition coefficient (Wildman–Crippen LogP) is 2.06. The summed E-state index contributed by atoms with van der Waals surface area (Å²) in [6.07, 6.45) is -2.71. The molecule has 0 aliphatic heterocycles. The van der Waals surface area contributed by atoms with Crippen molar-refractivity contribution in [2.24, 2.45) is 5.92 Å². The van der Waals surface area contributed by atoms with E-state index in [9.17, 15) is 22.8 Å². The van der Waals surface area contributed by atoms with Gasteiger partial charge in [0.25, 0.3) is 11.6 Å². The van der Waals surface area contributed by atoms with Crippen molar-refractivity contribution in [1.82, 2.24) is 24.9 Å². The van der Waals surface area contributed by atoms with Crippen molar-refractivity contribution >= 4 is 17.7 Å². The average molecular weight is 399 g/mol. The Bertz CT molecular complexity index is 925. The van der Waals surface area contributed by atoms with Crippen molar-refractivity contribution in [2.45, 2.75) is 58.2 Å². The average Bonchev–Trinajstić information content (AvgIpc) is 3.21. The maximum Gasteiger partial charge on any atom is 0.453 e. The van der Waals surface area contributed by atoms with Crippen molar-refractivity contribution in [3.05, 3.63) is 22.8 Å². The number of hydrogen-bond donors (Lipinski definition) is 2. The zero-order valence-electron chi connectivity index (χ0n) is 15.4. The van der Waals surface area contributed by atoms with Gasteiger partial charge in [-0.2, -0.15) is 18.2 Å². The number of carboxylic acid groups (broad SMARTS) is 1. The van der Waals surface area contributed by atoms with Crippen LogP contribution in [0.1, 0.15) is 48.5 Å².